The van der Waals surface area contributed by atoms with E-state index in [9.17, 15) is 14.4 Å². The third kappa shape index (κ3) is 13.9. The first-order valence-electron chi connectivity index (χ1n) is 44.5. The monoisotopic (exact) mass is 1570 g/mol. The molecule has 0 aromatic heterocycles. The van der Waals surface area contributed by atoms with Crippen LogP contribution in [0, 0.1) is 35.5 Å². The smallest absolute Gasteiger partial charge is 0.337 e. The largest absolute Gasteiger partial charge is 0.465 e. The van der Waals surface area contributed by atoms with Gasteiger partial charge in [0.2, 0.25) is 0 Å². The molecule has 0 bridgehead atoms. The standard InChI is InChI=1S/C114H108O6/c1-64(2)16-13-19-67(7)22-25-70-28-34-73(35-29-70)82-52-88-94-58-85(76-40-46-79(47-41-76)112(115)118-10)60-96-90-54-83(74-36-30-71(31-37-74)26-23-68(8)20-14-17-65(3)4)56-92-98-62-87(78-44-50-81(51-45-78)114(117)120-12)63-99-93-57-84(75-38-32-72(33-39-75)27-24-69(9)21-15-18-66(5)6)55-91-97-61-86(77-42-48-80(49-43-77)113(116)119-11)59-95-89(53-82)100(88)106-109(103(94)96)107(101(90)92)111(105(98)99)108(102(91)93)110(106)104(95)97/h28-69H,13-27H2,1-12H3. The predicted octanol–water partition coefficient (Wildman–Crippen LogP) is 31.7. The molecule has 19 aromatic rings. The number of hydrogen-bond acceptors (Lipinski definition) is 6. The molecule has 0 heterocycles. The number of rotatable bonds is 30. The average Bonchev–Trinajstić information content (AvgIpc) is 0.640. The van der Waals surface area contributed by atoms with Crippen molar-refractivity contribution in [2.24, 2.45) is 35.5 Å². The quantitative estimate of drug-likeness (QED) is 0.0193. The van der Waals surface area contributed by atoms with Gasteiger partial charge in [0, 0.05) is 0 Å². The average molecular weight is 1570 g/mol. The van der Waals surface area contributed by atoms with Crippen LogP contribution in [-0.4, -0.2) is 39.2 Å². The number of carbonyl (C=O) groups is 3. The van der Waals surface area contributed by atoms with Gasteiger partial charge in [-0.1, -0.05) is 229 Å². The number of methoxy groups -OCH3 is 3. The minimum absolute atomic E-state index is 0.372. The lowest BCUT2D eigenvalue weighted by Gasteiger charge is -2.30. The zero-order valence-electron chi connectivity index (χ0n) is 71.8. The molecule has 6 heteroatoms. The van der Waals surface area contributed by atoms with Crippen LogP contribution in [0.25, 0.3) is 196 Å². The van der Waals surface area contributed by atoms with Crippen LogP contribution in [-0.2, 0) is 33.5 Å². The normalized spacial score (nSPS) is 13.2. The van der Waals surface area contributed by atoms with Crippen LogP contribution in [0.5, 0.6) is 0 Å². The first-order valence-corrected chi connectivity index (χ1v) is 44.5. The predicted molar refractivity (Wildman–Crippen MR) is 509 cm³/mol. The second kappa shape index (κ2) is 31.8. The molecule has 0 aliphatic heterocycles. The molecule has 6 nitrogen and oxygen atoms in total. The van der Waals surface area contributed by atoms with E-state index in [4.69, 9.17) is 14.2 Å². The molecule has 0 aliphatic carbocycles. The lowest BCUT2D eigenvalue weighted by molar-refractivity contribution is 0.0592. The van der Waals surface area contributed by atoms with Crippen molar-refractivity contribution >= 4 is 147 Å². The van der Waals surface area contributed by atoms with Gasteiger partial charge in [-0.25, -0.2) is 14.4 Å². The zero-order valence-corrected chi connectivity index (χ0v) is 71.8. The fraction of sp³-hybridized carbons (Fsp3) is 0.289. The van der Waals surface area contributed by atoms with Gasteiger partial charge in [0.05, 0.1) is 38.0 Å². The van der Waals surface area contributed by atoms with Gasteiger partial charge in [-0.15, -0.1) is 0 Å². The van der Waals surface area contributed by atoms with E-state index in [-0.39, 0.29) is 17.9 Å². The highest BCUT2D eigenvalue weighted by molar-refractivity contribution is 6.61. The Hall–Kier alpha value is -11.7. The maximum absolute atomic E-state index is 13.3. The molecule has 19 aromatic carbocycles. The summed E-state index contributed by atoms with van der Waals surface area (Å²) < 4.78 is 16.0. The van der Waals surface area contributed by atoms with E-state index in [1.165, 1.54) is 242 Å². The summed E-state index contributed by atoms with van der Waals surface area (Å²) in [7, 11) is 4.34. The number of benzene rings is 19. The Morgan fingerprint density at radius 2 is 0.375 bits per heavy atom. The third-order valence-electron chi connectivity index (χ3n) is 27.6. The second-order valence-corrected chi connectivity index (χ2v) is 37.1. The Balaban J connectivity index is 0.956. The number of carbonyl (C=O) groups excluding carboxylic acids is 3. The highest BCUT2D eigenvalue weighted by Crippen LogP contribution is 2.62. The highest BCUT2D eigenvalue weighted by Gasteiger charge is 2.34. The summed E-state index contributed by atoms with van der Waals surface area (Å²) in [6.45, 7) is 21.3. The third-order valence-corrected chi connectivity index (χ3v) is 27.6. The van der Waals surface area contributed by atoms with Crippen molar-refractivity contribution < 1.29 is 28.6 Å². The summed E-state index contributed by atoms with van der Waals surface area (Å²) in [5.74, 6) is 2.98. The Kier molecular flexibility index (Phi) is 20.7. The Bertz CT molecular complexity index is 6150. The van der Waals surface area contributed by atoms with Crippen molar-refractivity contribution in [3.05, 3.63) is 252 Å². The number of aryl methyl sites for hydroxylation is 3. The van der Waals surface area contributed by atoms with Crippen molar-refractivity contribution in [2.75, 3.05) is 21.3 Å². The van der Waals surface area contributed by atoms with E-state index in [1.54, 1.807) is 0 Å². The SMILES string of the molecule is COC(=O)c1ccc(-c2cc3c4cc(-c5ccc(CCC(C)CCCC(C)C)cc5)cc5c6cc(-c7ccc(C(=O)OC)cc7)cc7c8cc(-c9ccc(CCC(C)CCCC(C)C)cc9)cc9c%10cc(-c%11ccc(C(=O)OC)cc%11)cc%11c%12cc(-c%13ccc(CCC(C)CCCC(C)C)cc%13)cc%13c(c2)c3c2c(c45)c(c67)c(c89)c(c%11%10)c2c%13%12)cc1. The summed E-state index contributed by atoms with van der Waals surface area (Å²) in [5.41, 5.74) is 18.7. The Morgan fingerprint density at radius 3 is 0.533 bits per heavy atom. The first-order chi connectivity index (χ1) is 58.3. The lowest BCUT2D eigenvalue weighted by atomic mass is 9.72. The van der Waals surface area contributed by atoms with Crippen molar-refractivity contribution in [2.45, 2.75) is 159 Å². The van der Waals surface area contributed by atoms with Crippen molar-refractivity contribution in [3.8, 4) is 66.8 Å². The fourth-order valence-corrected chi connectivity index (χ4v) is 20.9. The van der Waals surface area contributed by atoms with Gasteiger partial charge in [0.25, 0.3) is 0 Å². The molecule has 0 N–H and O–H groups in total. The Morgan fingerprint density at radius 1 is 0.208 bits per heavy atom. The molecule has 0 fully saturated rings. The van der Waals surface area contributed by atoms with Gasteiger partial charge in [-0.3, -0.25) is 0 Å². The highest BCUT2D eigenvalue weighted by atomic mass is 16.5. The zero-order chi connectivity index (χ0) is 82.6. The van der Waals surface area contributed by atoms with Gasteiger partial charge in [0.15, 0.2) is 0 Å². The van der Waals surface area contributed by atoms with Gasteiger partial charge in [-0.05, 0) is 396 Å². The molecule has 600 valence electrons. The number of hydrogen-bond donors (Lipinski definition) is 0. The molecule has 3 unspecified atom stereocenters. The molecular formula is C114H108O6. The van der Waals surface area contributed by atoms with Crippen molar-refractivity contribution in [1.29, 1.82) is 0 Å². The molecule has 0 saturated heterocycles. The van der Waals surface area contributed by atoms with Crippen molar-refractivity contribution in [3.63, 3.8) is 0 Å². The van der Waals surface area contributed by atoms with Crippen LogP contribution in [0.4, 0.5) is 0 Å². The minimum Gasteiger partial charge on any atom is -0.465 e. The molecule has 0 saturated carbocycles. The number of fused-ring (bicyclic) bond motifs is 6. The number of esters is 3. The van der Waals surface area contributed by atoms with E-state index >= 15 is 0 Å². The molecule has 0 radical (unpaired) electrons. The summed E-state index contributed by atoms with van der Waals surface area (Å²) in [6.07, 6.45) is 18.0. The molecule has 3 atom stereocenters. The molecular weight excluding hydrogens is 1470 g/mol. The van der Waals surface area contributed by atoms with E-state index in [0.717, 1.165) is 106 Å². The molecule has 19 rings (SSSR count). The maximum atomic E-state index is 13.3. The first kappa shape index (κ1) is 78.1. The van der Waals surface area contributed by atoms with Crippen LogP contribution in [0.1, 0.15) is 187 Å². The molecule has 120 heavy (non-hydrogen) atoms. The van der Waals surface area contributed by atoms with Crippen molar-refractivity contribution in [1.82, 2.24) is 0 Å². The second-order valence-electron chi connectivity index (χ2n) is 37.1. The van der Waals surface area contributed by atoms with E-state index in [2.05, 4.69) is 244 Å². The van der Waals surface area contributed by atoms with Crippen LogP contribution in [0.2, 0.25) is 0 Å². The van der Waals surface area contributed by atoms with Gasteiger partial charge >= 0.3 is 17.9 Å². The van der Waals surface area contributed by atoms with E-state index in [0.29, 0.717) is 34.4 Å². The van der Waals surface area contributed by atoms with E-state index in [1.807, 2.05) is 36.4 Å². The summed E-state index contributed by atoms with van der Waals surface area (Å²) in [6, 6.07) is 82.5. The topological polar surface area (TPSA) is 78.9 Å². The molecule has 0 amide bonds. The summed E-state index contributed by atoms with van der Waals surface area (Å²) in [4.78, 5) is 40.0. The van der Waals surface area contributed by atoms with Crippen LogP contribution in [0.15, 0.2) is 218 Å². The van der Waals surface area contributed by atoms with Crippen LogP contribution in [0.3, 0.4) is 0 Å². The van der Waals surface area contributed by atoms with Crippen LogP contribution >= 0.6 is 0 Å². The molecule has 0 aliphatic rings. The van der Waals surface area contributed by atoms with Gasteiger partial charge < -0.3 is 14.2 Å². The Labute approximate surface area is 705 Å². The number of ether oxygens (including phenoxy) is 3. The fourth-order valence-electron chi connectivity index (χ4n) is 20.9. The van der Waals surface area contributed by atoms with Gasteiger partial charge in [-0.2, -0.15) is 0 Å². The maximum Gasteiger partial charge on any atom is 0.337 e. The minimum atomic E-state index is -0.372. The summed E-state index contributed by atoms with van der Waals surface area (Å²) in [5, 5.41) is 29.3. The van der Waals surface area contributed by atoms with Crippen LogP contribution < -0.4 is 0 Å². The van der Waals surface area contributed by atoms with Gasteiger partial charge in [0.1, 0.15) is 0 Å². The van der Waals surface area contributed by atoms with E-state index < -0.39 is 0 Å². The lowest BCUT2D eigenvalue weighted by Crippen LogP contribution is -2.02. The molecule has 0 spiro atoms. The summed E-state index contributed by atoms with van der Waals surface area (Å²) >= 11 is 0.